The smallest absolute Gasteiger partial charge is 0.338 e. The maximum absolute atomic E-state index is 13.3. The van der Waals surface area contributed by atoms with Gasteiger partial charge in [0.25, 0.3) is 5.91 Å². The lowest BCUT2D eigenvalue weighted by Crippen LogP contribution is -2.31. The molecule has 32 heavy (non-hydrogen) atoms. The molecular weight excluding hydrogens is 428 g/mol. The number of sulfonamides is 1. The first-order chi connectivity index (χ1) is 15.3. The van der Waals surface area contributed by atoms with Crippen molar-refractivity contribution in [1.82, 2.24) is 0 Å². The molecule has 3 aromatic rings. The largest absolute Gasteiger partial charge is 0.452 e. The minimum absolute atomic E-state index is 0.0426. The molecule has 1 heterocycles. The minimum atomic E-state index is -3.98. The van der Waals surface area contributed by atoms with Gasteiger partial charge in [0.1, 0.15) is 0 Å². The summed E-state index contributed by atoms with van der Waals surface area (Å²) in [5.41, 5.74) is 4.12. The van der Waals surface area contributed by atoms with Crippen LogP contribution in [0.4, 0.5) is 11.4 Å². The summed E-state index contributed by atoms with van der Waals surface area (Å²) in [5.74, 6) is -1.20. The molecule has 0 saturated carbocycles. The maximum atomic E-state index is 13.3. The summed E-state index contributed by atoms with van der Waals surface area (Å²) >= 11 is 0. The van der Waals surface area contributed by atoms with E-state index in [2.05, 4.69) is 0 Å². The molecule has 3 aromatic carbocycles. The number of para-hydroxylation sites is 2. The lowest BCUT2D eigenvalue weighted by molar-refractivity contribution is -0.120. The molecule has 164 valence electrons. The minimum Gasteiger partial charge on any atom is -0.452 e. The number of esters is 1. The van der Waals surface area contributed by atoms with Crippen molar-refractivity contribution in [3.8, 4) is 0 Å². The van der Waals surface area contributed by atoms with Gasteiger partial charge in [0.2, 0.25) is 10.0 Å². The van der Waals surface area contributed by atoms with Gasteiger partial charge in [-0.2, -0.15) is 0 Å². The van der Waals surface area contributed by atoms with Gasteiger partial charge in [-0.05, 0) is 60.7 Å². The summed E-state index contributed by atoms with van der Waals surface area (Å²) in [6, 6.07) is 19.2. The van der Waals surface area contributed by atoms with Crippen LogP contribution in [0.3, 0.4) is 0 Å². The van der Waals surface area contributed by atoms with Gasteiger partial charge in [0.15, 0.2) is 6.61 Å². The number of rotatable bonds is 4. The Labute approximate surface area is 186 Å². The second-order valence-corrected chi connectivity index (χ2v) is 9.15. The van der Waals surface area contributed by atoms with Crippen molar-refractivity contribution in [2.75, 3.05) is 11.5 Å². The molecule has 4 rings (SSSR count). The third kappa shape index (κ3) is 4.28. The van der Waals surface area contributed by atoms with Gasteiger partial charge in [-0.15, -0.1) is 0 Å². The standard InChI is InChI=1S/C24H22N2O5S/c1-16-10-13-19(32(25,29)30)14-20(16)24(28)31-15-23(27)26-21-8-4-2-6-17(21)11-12-18-7-3-5-9-22(18)26/h2-10,13-14H,11-12,15H2,1H3,(H2,25,29,30). The first-order valence-electron chi connectivity index (χ1n) is 10.0. The van der Waals surface area contributed by atoms with Crippen molar-refractivity contribution in [2.45, 2.75) is 24.7 Å². The Morgan fingerprint density at radius 1 is 0.938 bits per heavy atom. The van der Waals surface area contributed by atoms with Crippen LogP contribution in [0.15, 0.2) is 71.6 Å². The molecule has 0 saturated heterocycles. The van der Waals surface area contributed by atoms with E-state index in [1.165, 1.54) is 12.1 Å². The number of hydrogen-bond donors (Lipinski definition) is 1. The van der Waals surface area contributed by atoms with Gasteiger partial charge in [-0.3, -0.25) is 9.69 Å². The normalized spacial score (nSPS) is 13.0. The number of carbonyl (C=O) groups excluding carboxylic acids is 2. The fourth-order valence-electron chi connectivity index (χ4n) is 3.82. The van der Waals surface area contributed by atoms with Crippen LogP contribution in [-0.2, 0) is 32.4 Å². The number of carbonyl (C=O) groups is 2. The van der Waals surface area contributed by atoms with E-state index in [1.54, 1.807) is 11.8 Å². The number of amides is 1. The van der Waals surface area contributed by atoms with E-state index in [9.17, 15) is 18.0 Å². The van der Waals surface area contributed by atoms with E-state index >= 15 is 0 Å². The Kier molecular flexibility index (Phi) is 5.82. The van der Waals surface area contributed by atoms with Crippen molar-refractivity contribution in [1.29, 1.82) is 0 Å². The SMILES string of the molecule is Cc1ccc(S(N)(=O)=O)cc1C(=O)OCC(=O)N1c2ccccc2CCc2ccccc21. The zero-order chi connectivity index (χ0) is 22.9. The molecule has 0 unspecified atom stereocenters. The van der Waals surface area contributed by atoms with Crippen LogP contribution in [0.1, 0.15) is 27.0 Å². The third-order valence-electron chi connectivity index (χ3n) is 5.46. The first-order valence-corrected chi connectivity index (χ1v) is 11.6. The van der Waals surface area contributed by atoms with Crippen LogP contribution in [-0.4, -0.2) is 26.9 Å². The molecule has 0 atom stereocenters. The molecule has 0 spiro atoms. The van der Waals surface area contributed by atoms with E-state index in [0.29, 0.717) is 5.56 Å². The Morgan fingerprint density at radius 3 is 2.06 bits per heavy atom. The Morgan fingerprint density at radius 2 is 1.50 bits per heavy atom. The quantitative estimate of drug-likeness (QED) is 0.614. The van der Waals surface area contributed by atoms with Gasteiger partial charge in [0.05, 0.1) is 21.8 Å². The number of nitrogens with zero attached hydrogens (tertiary/aromatic N) is 1. The first kappa shape index (κ1) is 21.7. The van der Waals surface area contributed by atoms with E-state index in [0.717, 1.165) is 41.4 Å². The van der Waals surface area contributed by atoms with E-state index in [1.807, 2.05) is 48.5 Å². The Hall–Kier alpha value is -3.49. The number of anilines is 2. The highest BCUT2D eigenvalue weighted by Crippen LogP contribution is 2.36. The molecule has 1 aliphatic heterocycles. The lowest BCUT2D eigenvalue weighted by Gasteiger charge is -2.24. The van der Waals surface area contributed by atoms with Crippen LogP contribution in [0.25, 0.3) is 0 Å². The van der Waals surface area contributed by atoms with E-state index in [4.69, 9.17) is 9.88 Å². The highest BCUT2D eigenvalue weighted by molar-refractivity contribution is 7.89. The fourth-order valence-corrected chi connectivity index (χ4v) is 4.36. The summed E-state index contributed by atoms with van der Waals surface area (Å²) in [7, 11) is -3.98. The average molecular weight is 451 g/mol. The summed E-state index contributed by atoms with van der Waals surface area (Å²) in [4.78, 5) is 27.3. The summed E-state index contributed by atoms with van der Waals surface area (Å²) in [5, 5.41) is 5.16. The number of benzene rings is 3. The van der Waals surface area contributed by atoms with Crippen molar-refractivity contribution in [3.63, 3.8) is 0 Å². The van der Waals surface area contributed by atoms with Crippen molar-refractivity contribution in [2.24, 2.45) is 5.14 Å². The third-order valence-corrected chi connectivity index (χ3v) is 6.37. The fraction of sp³-hybridized carbons (Fsp3) is 0.167. The number of hydrogen-bond acceptors (Lipinski definition) is 5. The molecule has 0 radical (unpaired) electrons. The van der Waals surface area contributed by atoms with Crippen LogP contribution >= 0.6 is 0 Å². The molecule has 2 N–H and O–H groups in total. The predicted octanol–water partition coefficient (Wildman–Crippen LogP) is 3.26. The van der Waals surface area contributed by atoms with Crippen molar-refractivity contribution >= 4 is 33.3 Å². The average Bonchev–Trinajstić information content (AvgIpc) is 2.93. The highest BCUT2D eigenvalue weighted by atomic mass is 32.2. The molecule has 7 nitrogen and oxygen atoms in total. The Balaban J connectivity index is 1.61. The second kappa shape index (κ2) is 8.57. The van der Waals surface area contributed by atoms with Gasteiger partial charge < -0.3 is 4.74 Å². The number of primary sulfonamides is 1. The van der Waals surface area contributed by atoms with Crippen LogP contribution in [0.2, 0.25) is 0 Å². The molecule has 1 aliphatic rings. The van der Waals surface area contributed by atoms with E-state index < -0.39 is 28.5 Å². The van der Waals surface area contributed by atoms with Gasteiger partial charge in [0, 0.05) is 0 Å². The number of nitrogens with two attached hydrogens (primary N) is 1. The number of fused-ring (bicyclic) bond motifs is 2. The molecule has 0 fully saturated rings. The highest BCUT2D eigenvalue weighted by Gasteiger charge is 2.27. The van der Waals surface area contributed by atoms with Crippen molar-refractivity contribution in [3.05, 3.63) is 89.0 Å². The zero-order valence-corrected chi connectivity index (χ0v) is 18.3. The van der Waals surface area contributed by atoms with Crippen LogP contribution < -0.4 is 10.0 Å². The molecular formula is C24H22N2O5S. The summed E-state index contributed by atoms with van der Waals surface area (Å²) in [6.45, 7) is 1.15. The van der Waals surface area contributed by atoms with Gasteiger partial charge >= 0.3 is 5.97 Å². The van der Waals surface area contributed by atoms with E-state index in [-0.39, 0.29) is 10.5 Å². The maximum Gasteiger partial charge on any atom is 0.338 e. The molecule has 1 amide bonds. The van der Waals surface area contributed by atoms with Crippen molar-refractivity contribution < 1.29 is 22.7 Å². The monoisotopic (exact) mass is 450 g/mol. The number of ether oxygens (including phenoxy) is 1. The second-order valence-electron chi connectivity index (χ2n) is 7.58. The molecule has 0 aliphatic carbocycles. The van der Waals surface area contributed by atoms with Gasteiger partial charge in [-0.1, -0.05) is 42.5 Å². The van der Waals surface area contributed by atoms with Crippen LogP contribution in [0.5, 0.6) is 0 Å². The predicted molar refractivity (Wildman–Crippen MR) is 120 cm³/mol. The molecule has 8 heteroatoms. The lowest BCUT2D eigenvalue weighted by atomic mass is 10.0. The molecule has 0 bridgehead atoms. The zero-order valence-electron chi connectivity index (χ0n) is 17.4. The van der Waals surface area contributed by atoms with Gasteiger partial charge in [-0.25, -0.2) is 18.4 Å². The Bertz CT molecular complexity index is 1270. The van der Waals surface area contributed by atoms with Crippen LogP contribution in [0, 0.1) is 6.92 Å². The summed E-state index contributed by atoms with van der Waals surface area (Å²) in [6.07, 6.45) is 1.58. The molecule has 0 aromatic heterocycles. The number of aryl methyl sites for hydroxylation is 3. The topological polar surface area (TPSA) is 107 Å². The summed E-state index contributed by atoms with van der Waals surface area (Å²) < 4.78 is 28.5.